The van der Waals surface area contributed by atoms with E-state index in [9.17, 15) is 14.4 Å². The van der Waals surface area contributed by atoms with Crippen LogP contribution in [0.25, 0.3) is 6.08 Å². The maximum absolute atomic E-state index is 12.2. The highest BCUT2D eigenvalue weighted by molar-refractivity contribution is 7.17. The van der Waals surface area contributed by atoms with Crippen LogP contribution in [0.15, 0.2) is 24.3 Å². The fourth-order valence-corrected chi connectivity index (χ4v) is 4.75. The third-order valence-corrected chi connectivity index (χ3v) is 6.03. The first-order valence-electron chi connectivity index (χ1n) is 9.50. The van der Waals surface area contributed by atoms with Crippen molar-refractivity contribution in [3.05, 3.63) is 45.8 Å². The minimum Gasteiger partial charge on any atom is -0.454 e. The second-order valence-corrected chi connectivity index (χ2v) is 7.99. The average Bonchev–Trinajstić information content (AvgIpc) is 3.34. The summed E-state index contributed by atoms with van der Waals surface area (Å²) >= 11 is 1.36. The quantitative estimate of drug-likeness (QED) is 0.540. The topological polar surface area (TPSA) is 117 Å². The molecule has 9 heteroatoms. The van der Waals surface area contributed by atoms with Gasteiger partial charge in [0.1, 0.15) is 5.00 Å². The molecule has 2 heterocycles. The molecule has 1 aliphatic carbocycles. The van der Waals surface area contributed by atoms with Crippen LogP contribution < -0.4 is 20.5 Å². The average molecular weight is 428 g/mol. The predicted molar refractivity (Wildman–Crippen MR) is 111 cm³/mol. The number of carbonyl (C=O) groups is 3. The molecular weight excluding hydrogens is 408 g/mol. The number of esters is 1. The van der Waals surface area contributed by atoms with Gasteiger partial charge in [-0.1, -0.05) is 6.07 Å². The first-order chi connectivity index (χ1) is 14.5. The lowest BCUT2D eigenvalue weighted by Gasteiger charge is -2.11. The first-order valence-corrected chi connectivity index (χ1v) is 10.3. The van der Waals surface area contributed by atoms with Crippen molar-refractivity contribution in [1.29, 1.82) is 0 Å². The van der Waals surface area contributed by atoms with Crippen LogP contribution in [0, 0.1) is 0 Å². The van der Waals surface area contributed by atoms with Crippen molar-refractivity contribution in [2.75, 3.05) is 18.7 Å². The lowest BCUT2D eigenvalue weighted by Crippen LogP contribution is -2.22. The summed E-state index contributed by atoms with van der Waals surface area (Å²) in [4.78, 5) is 37.1. The highest BCUT2D eigenvalue weighted by atomic mass is 32.1. The summed E-state index contributed by atoms with van der Waals surface area (Å²) in [5.74, 6) is -0.497. The highest BCUT2D eigenvalue weighted by Gasteiger charge is 2.25. The van der Waals surface area contributed by atoms with E-state index in [4.69, 9.17) is 19.9 Å². The Morgan fingerprint density at radius 3 is 2.80 bits per heavy atom. The zero-order valence-corrected chi connectivity index (χ0v) is 16.9. The van der Waals surface area contributed by atoms with Crippen LogP contribution in [-0.4, -0.2) is 31.2 Å². The number of aryl methyl sites for hydroxylation is 1. The largest absolute Gasteiger partial charge is 0.454 e. The lowest BCUT2D eigenvalue weighted by molar-refractivity contribution is -0.142. The molecule has 2 aromatic rings. The smallest absolute Gasteiger partial charge is 0.331 e. The van der Waals surface area contributed by atoms with E-state index >= 15 is 0 Å². The van der Waals surface area contributed by atoms with E-state index in [1.807, 2.05) is 0 Å². The van der Waals surface area contributed by atoms with Gasteiger partial charge in [-0.15, -0.1) is 11.3 Å². The number of benzene rings is 1. The van der Waals surface area contributed by atoms with Gasteiger partial charge in [0.05, 0.1) is 5.56 Å². The van der Waals surface area contributed by atoms with Crippen molar-refractivity contribution < 1.29 is 28.6 Å². The zero-order valence-electron chi connectivity index (χ0n) is 16.1. The molecule has 2 aliphatic rings. The molecule has 2 amide bonds. The van der Waals surface area contributed by atoms with E-state index < -0.39 is 24.4 Å². The van der Waals surface area contributed by atoms with Crippen molar-refractivity contribution in [3.8, 4) is 11.5 Å². The van der Waals surface area contributed by atoms with E-state index in [0.29, 0.717) is 22.1 Å². The van der Waals surface area contributed by atoms with Gasteiger partial charge in [-0.2, -0.15) is 0 Å². The zero-order chi connectivity index (χ0) is 21.1. The Balaban J connectivity index is 1.33. The van der Waals surface area contributed by atoms with Gasteiger partial charge in [-0.25, -0.2) is 4.79 Å². The molecular formula is C21H20N2O6S. The van der Waals surface area contributed by atoms with Crippen LogP contribution in [-0.2, 0) is 27.2 Å². The summed E-state index contributed by atoms with van der Waals surface area (Å²) < 4.78 is 15.5. The van der Waals surface area contributed by atoms with Crippen molar-refractivity contribution >= 4 is 40.2 Å². The molecule has 3 N–H and O–H groups in total. The van der Waals surface area contributed by atoms with E-state index in [1.165, 1.54) is 17.4 Å². The number of nitrogens with two attached hydrogens (primary N) is 1. The number of amides is 2. The molecule has 0 bridgehead atoms. The number of rotatable bonds is 6. The van der Waals surface area contributed by atoms with Crippen LogP contribution in [0.2, 0.25) is 0 Å². The summed E-state index contributed by atoms with van der Waals surface area (Å²) in [5.41, 5.74) is 7.55. The molecule has 0 spiro atoms. The number of anilines is 1. The summed E-state index contributed by atoms with van der Waals surface area (Å²) in [7, 11) is 0. The number of hydrogen-bond donors (Lipinski definition) is 2. The summed E-state index contributed by atoms with van der Waals surface area (Å²) in [6.07, 6.45) is 6.47. The van der Waals surface area contributed by atoms with Gasteiger partial charge in [0.2, 0.25) is 6.79 Å². The number of thiophene rings is 1. The number of hydrogen-bond acceptors (Lipinski definition) is 7. The third-order valence-electron chi connectivity index (χ3n) is 4.82. The molecule has 0 radical (unpaired) electrons. The molecule has 156 valence electrons. The number of ether oxygens (including phenoxy) is 3. The van der Waals surface area contributed by atoms with E-state index in [0.717, 1.165) is 41.7 Å². The number of carbonyl (C=O) groups excluding carboxylic acids is 3. The van der Waals surface area contributed by atoms with Gasteiger partial charge < -0.3 is 25.3 Å². The Hall–Kier alpha value is -3.33. The van der Waals surface area contributed by atoms with Crippen molar-refractivity contribution in [1.82, 2.24) is 0 Å². The molecule has 4 rings (SSSR count). The highest BCUT2D eigenvalue weighted by Crippen LogP contribution is 2.38. The lowest BCUT2D eigenvalue weighted by atomic mass is 9.95. The first kappa shape index (κ1) is 20.0. The minimum atomic E-state index is -0.664. The molecule has 0 atom stereocenters. The fourth-order valence-electron chi connectivity index (χ4n) is 3.44. The monoisotopic (exact) mass is 428 g/mol. The Labute approximate surface area is 176 Å². The number of nitrogens with one attached hydrogen (secondary N) is 1. The summed E-state index contributed by atoms with van der Waals surface area (Å²) in [6.45, 7) is -0.296. The van der Waals surface area contributed by atoms with Gasteiger partial charge in [0.15, 0.2) is 18.1 Å². The van der Waals surface area contributed by atoms with Crippen LogP contribution in [0.1, 0.15) is 39.2 Å². The van der Waals surface area contributed by atoms with Gasteiger partial charge >= 0.3 is 5.97 Å². The standard InChI is InChI=1S/C21H20N2O6S/c22-20(26)19-13-3-1-2-4-16(13)30-21(19)23-17(24)10-27-18(25)8-6-12-5-7-14-15(9-12)29-11-28-14/h5-9H,1-4,10-11H2,(H2,22,26)(H,23,24)/b8-6+. The van der Waals surface area contributed by atoms with Gasteiger partial charge in [0, 0.05) is 11.0 Å². The van der Waals surface area contributed by atoms with Crippen molar-refractivity contribution in [3.63, 3.8) is 0 Å². The molecule has 0 unspecified atom stereocenters. The Bertz CT molecular complexity index is 1040. The van der Waals surface area contributed by atoms with Crippen LogP contribution in [0.5, 0.6) is 11.5 Å². The van der Waals surface area contributed by atoms with Crippen molar-refractivity contribution in [2.24, 2.45) is 5.73 Å². The van der Waals surface area contributed by atoms with Gasteiger partial charge in [-0.05, 0) is 55.0 Å². The SMILES string of the molecule is NC(=O)c1c(NC(=O)COC(=O)/C=C/c2ccc3c(c2)OCO3)sc2c1CCCC2. The summed E-state index contributed by atoms with van der Waals surface area (Å²) in [6, 6.07) is 5.26. The predicted octanol–water partition coefficient (Wildman–Crippen LogP) is 2.65. The molecule has 1 aromatic carbocycles. The van der Waals surface area contributed by atoms with Crippen molar-refractivity contribution in [2.45, 2.75) is 25.7 Å². The molecule has 1 aromatic heterocycles. The molecule has 0 saturated carbocycles. The minimum absolute atomic E-state index is 0.171. The third kappa shape index (κ3) is 4.30. The molecule has 30 heavy (non-hydrogen) atoms. The molecule has 1 aliphatic heterocycles. The van der Waals surface area contributed by atoms with E-state index in [-0.39, 0.29) is 6.79 Å². The maximum atomic E-state index is 12.2. The molecule has 0 saturated heterocycles. The normalized spacial score (nSPS) is 14.4. The number of primary amides is 1. The Kier molecular flexibility index (Phi) is 5.71. The second kappa shape index (κ2) is 8.58. The van der Waals surface area contributed by atoms with Crippen LogP contribution in [0.3, 0.4) is 0 Å². The van der Waals surface area contributed by atoms with Crippen LogP contribution >= 0.6 is 11.3 Å². The van der Waals surface area contributed by atoms with Gasteiger partial charge in [-0.3, -0.25) is 9.59 Å². The fraction of sp³-hybridized carbons (Fsp3) is 0.286. The summed E-state index contributed by atoms with van der Waals surface area (Å²) in [5, 5.41) is 3.08. The van der Waals surface area contributed by atoms with E-state index in [1.54, 1.807) is 24.3 Å². The Morgan fingerprint density at radius 2 is 1.97 bits per heavy atom. The van der Waals surface area contributed by atoms with Gasteiger partial charge in [0.25, 0.3) is 11.8 Å². The molecule has 0 fully saturated rings. The second-order valence-electron chi connectivity index (χ2n) is 6.88. The Morgan fingerprint density at radius 1 is 1.17 bits per heavy atom. The van der Waals surface area contributed by atoms with Crippen LogP contribution in [0.4, 0.5) is 5.00 Å². The molecule has 8 nitrogen and oxygen atoms in total. The number of fused-ring (bicyclic) bond motifs is 2. The maximum Gasteiger partial charge on any atom is 0.331 e. The van der Waals surface area contributed by atoms with E-state index in [2.05, 4.69) is 5.32 Å².